The lowest BCUT2D eigenvalue weighted by atomic mass is 10.2. The van der Waals surface area contributed by atoms with E-state index in [0.29, 0.717) is 12.5 Å². The molecule has 0 aliphatic rings. The molecule has 1 aromatic rings. The molecule has 0 heterocycles. The minimum Gasteiger partial charge on any atom is -0.456 e. The standard InChI is InChI=1S/C14H14F2O4/c1-9(2)12(17)20-11-6-4-10(5-7-11)8-19-13(18)14(3,15)16/h4-7H,1,8H2,2-3H3. The van der Waals surface area contributed by atoms with Crippen LogP contribution in [0.2, 0.25) is 0 Å². The number of halogens is 2. The summed E-state index contributed by atoms with van der Waals surface area (Å²) in [7, 11) is 0. The van der Waals surface area contributed by atoms with E-state index in [1.807, 2.05) is 0 Å². The largest absolute Gasteiger partial charge is 0.456 e. The Bertz CT molecular complexity index is 515. The predicted octanol–water partition coefficient (Wildman–Crippen LogP) is 2.87. The molecule has 4 nitrogen and oxygen atoms in total. The molecular formula is C14H14F2O4. The SMILES string of the molecule is C=C(C)C(=O)Oc1ccc(COC(=O)C(C)(F)F)cc1. The fraction of sp³-hybridized carbons (Fsp3) is 0.286. The molecule has 0 aliphatic heterocycles. The van der Waals surface area contributed by atoms with E-state index in [4.69, 9.17) is 4.74 Å². The van der Waals surface area contributed by atoms with Crippen molar-refractivity contribution in [2.75, 3.05) is 0 Å². The summed E-state index contributed by atoms with van der Waals surface area (Å²) in [5.74, 6) is -5.38. The molecule has 0 atom stereocenters. The quantitative estimate of drug-likeness (QED) is 0.474. The average molecular weight is 284 g/mol. The van der Waals surface area contributed by atoms with E-state index in [2.05, 4.69) is 11.3 Å². The van der Waals surface area contributed by atoms with Crippen molar-refractivity contribution in [3.63, 3.8) is 0 Å². The van der Waals surface area contributed by atoms with E-state index < -0.39 is 17.9 Å². The third-order valence-corrected chi connectivity index (χ3v) is 2.21. The number of carbonyl (C=O) groups excluding carboxylic acids is 2. The van der Waals surface area contributed by atoms with Crippen molar-refractivity contribution >= 4 is 11.9 Å². The van der Waals surface area contributed by atoms with Crippen LogP contribution in [0.5, 0.6) is 5.75 Å². The van der Waals surface area contributed by atoms with Crippen molar-refractivity contribution in [2.24, 2.45) is 0 Å². The summed E-state index contributed by atoms with van der Waals surface area (Å²) in [5, 5.41) is 0. The molecule has 0 bridgehead atoms. The van der Waals surface area contributed by atoms with Crippen molar-refractivity contribution < 1.29 is 27.8 Å². The van der Waals surface area contributed by atoms with Gasteiger partial charge in [0, 0.05) is 12.5 Å². The zero-order chi connectivity index (χ0) is 15.3. The molecule has 0 radical (unpaired) electrons. The highest BCUT2D eigenvalue weighted by Gasteiger charge is 2.34. The van der Waals surface area contributed by atoms with Gasteiger partial charge in [0.2, 0.25) is 0 Å². The van der Waals surface area contributed by atoms with E-state index in [1.54, 1.807) is 0 Å². The number of hydrogen-bond acceptors (Lipinski definition) is 4. The van der Waals surface area contributed by atoms with Crippen LogP contribution in [0, 0.1) is 0 Å². The molecule has 1 aromatic carbocycles. The molecule has 0 unspecified atom stereocenters. The number of esters is 2. The van der Waals surface area contributed by atoms with E-state index in [-0.39, 0.29) is 17.9 Å². The second-order valence-corrected chi connectivity index (χ2v) is 4.28. The molecular weight excluding hydrogens is 270 g/mol. The van der Waals surface area contributed by atoms with Crippen LogP contribution in [0.25, 0.3) is 0 Å². The van der Waals surface area contributed by atoms with E-state index in [9.17, 15) is 18.4 Å². The molecule has 0 saturated carbocycles. The van der Waals surface area contributed by atoms with Gasteiger partial charge in [0.25, 0.3) is 0 Å². The molecule has 0 aliphatic carbocycles. The van der Waals surface area contributed by atoms with Crippen LogP contribution in [-0.2, 0) is 20.9 Å². The highest BCUT2D eigenvalue weighted by atomic mass is 19.3. The van der Waals surface area contributed by atoms with Gasteiger partial charge in [-0.3, -0.25) is 0 Å². The number of ether oxygens (including phenoxy) is 2. The first-order chi connectivity index (χ1) is 9.20. The molecule has 6 heteroatoms. The first-order valence-corrected chi connectivity index (χ1v) is 5.72. The minimum absolute atomic E-state index is 0.258. The maximum atomic E-state index is 12.6. The highest BCUT2D eigenvalue weighted by molar-refractivity contribution is 5.88. The molecule has 0 N–H and O–H groups in total. The second-order valence-electron chi connectivity index (χ2n) is 4.28. The lowest BCUT2D eigenvalue weighted by Crippen LogP contribution is -2.26. The van der Waals surface area contributed by atoms with Crippen LogP contribution in [0.15, 0.2) is 36.4 Å². The van der Waals surface area contributed by atoms with Crippen LogP contribution < -0.4 is 4.74 Å². The van der Waals surface area contributed by atoms with Crippen molar-refractivity contribution in [3.05, 3.63) is 42.0 Å². The van der Waals surface area contributed by atoms with Crippen LogP contribution in [0.3, 0.4) is 0 Å². The van der Waals surface area contributed by atoms with Gasteiger partial charge in [0.15, 0.2) is 0 Å². The van der Waals surface area contributed by atoms with Gasteiger partial charge in [-0.25, -0.2) is 9.59 Å². The van der Waals surface area contributed by atoms with Crippen LogP contribution in [0.4, 0.5) is 8.78 Å². The van der Waals surface area contributed by atoms with Gasteiger partial charge in [0.1, 0.15) is 12.4 Å². The molecule has 0 fully saturated rings. The lowest BCUT2D eigenvalue weighted by molar-refractivity contribution is -0.170. The van der Waals surface area contributed by atoms with Crippen molar-refractivity contribution in [1.82, 2.24) is 0 Å². The topological polar surface area (TPSA) is 52.6 Å². The normalized spacial score (nSPS) is 10.8. The van der Waals surface area contributed by atoms with Gasteiger partial charge in [-0.15, -0.1) is 0 Å². The number of hydrogen-bond donors (Lipinski definition) is 0. The first kappa shape index (κ1) is 15.8. The Labute approximate surface area is 115 Å². The predicted molar refractivity (Wildman–Crippen MR) is 67.3 cm³/mol. The van der Waals surface area contributed by atoms with Gasteiger partial charge in [-0.2, -0.15) is 8.78 Å². The minimum atomic E-state index is -3.52. The molecule has 0 amide bonds. The van der Waals surface area contributed by atoms with Crippen LogP contribution in [0.1, 0.15) is 19.4 Å². The van der Waals surface area contributed by atoms with E-state index in [0.717, 1.165) is 0 Å². The Morgan fingerprint density at radius 1 is 1.25 bits per heavy atom. The highest BCUT2D eigenvalue weighted by Crippen LogP contribution is 2.17. The summed E-state index contributed by atoms with van der Waals surface area (Å²) in [6, 6.07) is 5.94. The lowest BCUT2D eigenvalue weighted by Gasteiger charge is -2.10. The summed E-state index contributed by atoms with van der Waals surface area (Å²) >= 11 is 0. The zero-order valence-corrected chi connectivity index (χ0v) is 11.1. The van der Waals surface area contributed by atoms with Gasteiger partial charge >= 0.3 is 17.9 Å². The zero-order valence-electron chi connectivity index (χ0n) is 11.1. The average Bonchev–Trinajstić information content (AvgIpc) is 2.36. The maximum absolute atomic E-state index is 12.6. The third-order valence-electron chi connectivity index (χ3n) is 2.21. The Morgan fingerprint density at radius 3 is 2.25 bits per heavy atom. The molecule has 20 heavy (non-hydrogen) atoms. The summed E-state index contributed by atoms with van der Waals surface area (Å²) < 4.78 is 34.5. The smallest absolute Gasteiger partial charge is 0.376 e. The van der Waals surface area contributed by atoms with Gasteiger partial charge < -0.3 is 9.47 Å². The van der Waals surface area contributed by atoms with E-state index in [1.165, 1.54) is 31.2 Å². The monoisotopic (exact) mass is 284 g/mol. The molecule has 0 aromatic heterocycles. The van der Waals surface area contributed by atoms with Crippen LogP contribution in [-0.4, -0.2) is 17.9 Å². The van der Waals surface area contributed by atoms with Gasteiger partial charge in [-0.1, -0.05) is 18.7 Å². The summed E-state index contributed by atoms with van der Waals surface area (Å²) in [5.41, 5.74) is 0.755. The Balaban J connectivity index is 2.57. The maximum Gasteiger partial charge on any atom is 0.376 e. The Hall–Kier alpha value is -2.24. The Kier molecular flexibility index (Phi) is 4.96. The molecule has 1 rings (SSSR count). The molecule has 0 spiro atoms. The summed E-state index contributed by atoms with van der Waals surface area (Å²) in [6.45, 7) is 5.14. The van der Waals surface area contributed by atoms with E-state index >= 15 is 0 Å². The number of benzene rings is 1. The number of rotatable bonds is 5. The first-order valence-electron chi connectivity index (χ1n) is 5.72. The Morgan fingerprint density at radius 2 is 1.80 bits per heavy atom. The summed E-state index contributed by atoms with van der Waals surface area (Å²) in [4.78, 5) is 22.1. The number of carbonyl (C=O) groups is 2. The van der Waals surface area contributed by atoms with Crippen molar-refractivity contribution in [1.29, 1.82) is 0 Å². The fourth-order valence-corrected chi connectivity index (χ4v) is 1.12. The van der Waals surface area contributed by atoms with Crippen molar-refractivity contribution in [3.8, 4) is 5.75 Å². The van der Waals surface area contributed by atoms with Gasteiger partial charge in [0.05, 0.1) is 0 Å². The molecule has 0 saturated heterocycles. The van der Waals surface area contributed by atoms with Crippen molar-refractivity contribution in [2.45, 2.75) is 26.4 Å². The molecule has 108 valence electrons. The van der Waals surface area contributed by atoms with Crippen LogP contribution >= 0.6 is 0 Å². The second kappa shape index (κ2) is 6.27. The van der Waals surface area contributed by atoms with Gasteiger partial charge in [-0.05, 0) is 24.6 Å². The number of alkyl halides is 2. The summed E-state index contributed by atoms with van der Waals surface area (Å²) in [6.07, 6.45) is 0. The fourth-order valence-electron chi connectivity index (χ4n) is 1.12. The third kappa shape index (κ3) is 4.79.